The summed E-state index contributed by atoms with van der Waals surface area (Å²) in [4.78, 5) is 0. The molecule has 4 nitrogen and oxygen atoms in total. The van der Waals surface area contributed by atoms with Crippen LogP contribution in [0.25, 0.3) is 0 Å². The Morgan fingerprint density at radius 2 is 1.82 bits per heavy atom. The van der Waals surface area contributed by atoms with Gasteiger partial charge in [0.15, 0.2) is 6.29 Å². The van der Waals surface area contributed by atoms with Crippen molar-refractivity contribution in [2.45, 2.75) is 31.0 Å². The van der Waals surface area contributed by atoms with E-state index in [1.165, 1.54) is 0 Å². The zero-order chi connectivity index (χ0) is 11.7. The molecule has 1 aromatic rings. The SMILES string of the molecule is OC1COC2COC(c3ccccc3)OC2C1. The zero-order valence-electron chi connectivity index (χ0n) is 9.49. The average molecular weight is 236 g/mol. The van der Waals surface area contributed by atoms with Crippen molar-refractivity contribution in [2.24, 2.45) is 0 Å². The van der Waals surface area contributed by atoms with Gasteiger partial charge in [-0.15, -0.1) is 0 Å². The minimum Gasteiger partial charge on any atom is -0.391 e. The minimum atomic E-state index is -0.425. The summed E-state index contributed by atoms with van der Waals surface area (Å²) in [5.41, 5.74) is 1.01. The predicted octanol–water partition coefficient (Wildman–Crippen LogP) is 1.25. The molecule has 2 aliphatic heterocycles. The Morgan fingerprint density at radius 1 is 1.00 bits per heavy atom. The summed E-state index contributed by atoms with van der Waals surface area (Å²) in [7, 11) is 0. The number of fused-ring (bicyclic) bond motifs is 1. The maximum atomic E-state index is 9.56. The van der Waals surface area contributed by atoms with Gasteiger partial charge in [0.1, 0.15) is 6.10 Å². The number of benzene rings is 1. The van der Waals surface area contributed by atoms with E-state index in [1.54, 1.807) is 0 Å². The van der Waals surface area contributed by atoms with Crippen molar-refractivity contribution < 1.29 is 19.3 Å². The molecule has 4 heteroatoms. The van der Waals surface area contributed by atoms with E-state index in [4.69, 9.17) is 14.2 Å². The quantitative estimate of drug-likeness (QED) is 0.797. The van der Waals surface area contributed by atoms with Crippen LogP contribution in [0.15, 0.2) is 30.3 Å². The Bertz CT molecular complexity index is 367. The lowest BCUT2D eigenvalue weighted by Crippen LogP contribution is -2.49. The van der Waals surface area contributed by atoms with Crippen LogP contribution in [-0.2, 0) is 14.2 Å². The molecule has 0 spiro atoms. The Kier molecular flexibility index (Phi) is 3.11. The molecular weight excluding hydrogens is 220 g/mol. The molecule has 17 heavy (non-hydrogen) atoms. The van der Waals surface area contributed by atoms with Crippen molar-refractivity contribution in [3.05, 3.63) is 35.9 Å². The first-order valence-electron chi connectivity index (χ1n) is 5.94. The van der Waals surface area contributed by atoms with Gasteiger partial charge in [-0.2, -0.15) is 0 Å². The maximum absolute atomic E-state index is 9.56. The number of aliphatic hydroxyl groups excluding tert-OH is 1. The highest BCUT2D eigenvalue weighted by Gasteiger charge is 2.37. The van der Waals surface area contributed by atoms with Gasteiger partial charge in [0.25, 0.3) is 0 Å². The average Bonchev–Trinajstić information content (AvgIpc) is 2.39. The summed E-state index contributed by atoms with van der Waals surface area (Å²) in [6.45, 7) is 0.904. The molecule has 2 aliphatic rings. The van der Waals surface area contributed by atoms with Gasteiger partial charge >= 0.3 is 0 Å². The third-order valence-corrected chi connectivity index (χ3v) is 3.20. The summed E-state index contributed by atoms with van der Waals surface area (Å²) in [5.74, 6) is 0. The first kappa shape index (κ1) is 11.2. The third kappa shape index (κ3) is 2.35. The van der Waals surface area contributed by atoms with Crippen molar-refractivity contribution in [3.63, 3.8) is 0 Å². The topological polar surface area (TPSA) is 47.9 Å². The molecule has 2 saturated heterocycles. The monoisotopic (exact) mass is 236 g/mol. The second kappa shape index (κ2) is 4.74. The standard InChI is InChI=1S/C13H16O4/c14-10-6-11-12(15-7-10)8-16-13(17-11)9-4-2-1-3-5-9/h1-5,10-14H,6-8H2. The largest absolute Gasteiger partial charge is 0.391 e. The first-order valence-corrected chi connectivity index (χ1v) is 5.94. The molecule has 4 atom stereocenters. The minimum absolute atomic E-state index is 0.0432. The van der Waals surface area contributed by atoms with Gasteiger partial charge in [-0.25, -0.2) is 0 Å². The molecule has 0 aromatic heterocycles. The van der Waals surface area contributed by atoms with E-state index in [0.717, 1.165) is 5.56 Å². The van der Waals surface area contributed by atoms with Gasteiger partial charge in [-0.3, -0.25) is 0 Å². The van der Waals surface area contributed by atoms with Gasteiger partial charge in [-0.05, 0) is 0 Å². The fraction of sp³-hybridized carbons (Fsp3) is 0.538. The molecule has 0 aliphatic carbocycles. The van der Waals surface area contributed by atoms with Crippen LogP contribution in [0.2, 0.25) is 0 Å². The zero-order valence-corrected chi connectivity index (χ0v) is 9.49. The highest BCUT2D eigenvalue weighted by atomic mass is 16.7. The first-order chi connectivity index (χ1) is 8.33. The van der Waals surface area contributed by atoms with E-state index in [9.17, 15) is 5.11 Å². The molecule has 2 heterocycles. The molecule has 92 valence electrons. The number of hydrogen-bond donors (Lipinski definition) is 1. The Hall–Kier alpha value is -0.940. The molecule has 1 aromatic carbocycles. The lowest BCUT2D eigenvalue weighted by atomic mass is 10.0. The molecule has 2 fully saturated rings. The van der Waals surface area contributed by atoms with Crippen LogP contribution in [-0.4, -0.2) is 36.6 Å². The van der Waals surface area contributed by atoms with E-state index >= 15 is 0 Å². The molecule has 0 saturated carbocycles. The van der Waals surface area contributed by atoms with Crippen LogP contribution in [0.5, 0.6) is 0 Å². The summed E-state index contributed by atoms with van der Waals surface area (Å²) in [5, 5.41) is 9.56. The van der Waals surface area contributed by atoms with Gasteiger partial charge in [0.05, 0.1) is 25.4 Å². The highest BCUT2D eigenvalue weighted by molar-refractivity contribution is 5.16. The highest BCUT2D eigenvalue weighted by Crippen LogP contribution is 2.31. The van der Waals surface area contributed by atoms with Crippen LogP contribution in [0.4, 0.5) is 0 Å². The Labute approximate surface area is 100 Å². The van der Waals surface area contributed by atoms with Crippen molar-refractivity contribution >= 4 is 0 Å². The lowest BCUT2D eigenvalue weighted by Gasteiger charge is -2.40. The van der Waals surface area contributed by atoms with Crippen LogP contribution in [0, 0.1) is 0 Å². The number of hydrogen-bond acceptors (Lipinski definition) is 4. The van der Waals surface area contributed by atoms with Crippen LogP contribution in [0.1, 0.15) is 18.3 Å². The molecule has 0 radical (unpaired) electrons. The third-order valence-electron chi connectivity index (χ3n) is 3.20. The number of rotatable bonds is 1. The summed E-state index contributed by atoms with van der Waals surface area (Å²) in [6, 6.07) is 9.83. The van der Waals surface area contributed by atoms with E-state index in [-0.39, 0.29) is 18.5 Å². The van der Waals surface area contributed by atoms with Crippen LogP contribution < -0.4 is 0 Å². The van der Waals surface area contributed by atoms with E-state index in [2.05, 4.69) is 0 Å². The summed E-state index contributed by atoms with van der Waals surface area (Å²) < 4.78 is 17.0. The lowest BCUT2D eigenvalue weighted by molar-refractivity contribution is -0.288. The number of ether oxygens (including phenoxy) is 3. The Morgan fingerprint density at radius 3 is 2.65 bits per heavy atom. The van der Waals surface area contributed by atoms with E-state index in [0.29, 0.717) is 19.6 Å². The predicted molar refractivity (Wildman–Crippen MR) is 60.4 cm³/mol. The fourth-order valence-corrected chi connectivity index (χ4v) is 2.29. The van der Waals surface area contributed by atoms with Crippen molar-refractivity contribution in [3.8, 4) is 0 Å². The van der Waals surface area contributed by atoms with Crippen LogP contribution >= 0.6 is 0 Å². The maximum Gasteiger partial charge on any atom is 0.184 e. The van der Waals surface area contributed by atoms with Crippen molar-refractivity contribution in [1.29, 1.82) is 0 Å². The second-order valence-corrected chi connectivity index (χ2v) is 4.51. The van der Waals surface area contributed by atoms with Crippen LogP contribution in [0.3, 0.4) is 0 Å². The second-order valence-electron chi connectivity index (χ2n) is 4.51. The van der Waals surface area contributed by atoms with Gasteiger partial charge in [-0.1, -0.05) is 30.3 Å². The molecule has 0 amide bonds. The smallest absolute Gasteiger partial charge is 0.184 e. The normalized spacial score (nSPS) is 37.5. The Balaban J connectivity index is 1.70. The fourth-order valence-electron chi connectivity index (χ4n) is 2.29. The summed E-state index contributed by atoms with van der Waals surface area (Å²) >= 11 is 0. The van der Waals surface area contributed by atoms with Crippen molar-refractivity contribution in [1.82, 2.24) is 0 Å². The van der Waals surface area contributed by atoms with Crippen molar-refractivity contribution in [2.75, 3.05) is 13.2 Å². The molecule has 1 N–H and O–H groups in total. The summed E-state index contributed by atoms with van der Waals surface area (Å²) in [6.07, 6.45) is -0.259. The van der Waals surface area contributed by atoms with Gasteiger partial charge in [0.2, 0.25) is 0 Å². The van der Waals surface area contributed by atoms with E-state index < -0.39 is 6.10 Å². The molecular formula is C13H16O4. The van der Waals surface area contributed by atoms with E-state index in [1.807, 2.05) is 30.3 Å². The number of aliphatic hydroxyl groups is 1. The van der Waals surface area contributed by atoms with Gasteiger partial charge in [0, 0.05) is 12.0 Å². The molecule has 0 bridgehead atoms. The molecule has 4 unspecified atom stereocenters. The van der Waals surface area contributed by atoms with Gasteiger partial charge < -0.3 is 19.3 Å². The molecule has 3 rings (SSSR count).